The van der Waals surface area contributed by atoms with Crippen molar-refractivity contribution in [3.05, 3.63) is 89.7 Å². The molecule has 9 heteroatoms. The Kier molecular flexibility index (Phi) is 8.81. The molecule has 0 bridgehead atoms. The first-order valence-electron chi connectivity index (χ1n) is 12.6. The molecule has 2 amide bonds. The highest BCUT2D eigenvalue weighted by atomic mass is 19.3. The molecule has 0 spiro atoms. The average molecular weight is 523 g/mol. The van der Waals surface area contributed by atoms with Gasteiger partial charge in [0.1, 0.15) is 0 Å². The molecule has 2 aromatic carbocycles. The first-order chi connectivity index (χ1) is 18.2. The van der Waals surface area contributed by atoms with Crippen LogP contribution in [-0.2, 0) is 0 Å². The van der Waals surface area contributed by atoms with E-state index in [0.29, 0.717) is 42.6 Å². The van der Waals surface area contributed by atoms with Gasteiger partial charge in [0.05, 0.1) is 19.2 Å². The summed E-state index contributed by atoms with van der Waals surface area (Å²) in [6.07, 6.45) is 4.60. The van der Waals surface area contributed by atoms with Crippen LogP contribution in [0.4, 0.5) is 8.78 Å². The van der Waals surface area contributed by atoms with Crippen LogP contribution in [0.1, 0.15) is 52.1 Å². The fraction of sp³-hybridized carbons (Fsp3) is 0.345. The SMILES string of the molecule is CC(F)(F)CN1CCC(NC(=O)c2cccc([C@@H](CO)NC(=O)c3ccc(-c4ccncc4)cc3)c2)CC1. The van der Waals surface area contributed by atoms with Crippen LogP contribution < -0.4 is 10.6 Å². The zero-order valence-electron chi connectivity index (χ0n) is 21.2. The van der Waals surface area contributed by atoms with Crippen LogP contribution in [0, 0.1) is 0 Å². The molecule has 1 aromatic heterocycles. The van der Waals surface area contributed by atoms with Gasteiger partial charge in [-0.15, -0.1) is 0 Å². The van der Waals surface area contributed by atoms with Crippen LogP contribution in [0.3, 0.4) is 0 Å². The Morgan fingerprint density at radius 3 is 2.29 bits per heavy atom. The highest BCUT2D eigenvalue weighted by molar-refractivity contribution is 5.96. The van der Waals surface area contributed by atoms with E-state index in [-0.39, 0.29) is 31.0 Å². The van der Waals surface area contributed by atoms with Gasteiger partial charge in [-0.1, -0.05) is 24.3 Å². The summed E-state index contributed by atoms with van der Waals surface area (Å²) in [6, 6.07) is 16.9. The average Bonchev–Trinajstić information content (AvgIpc) is 2.92. The first kappa shape index (κ1) is 27.3. The van der Waals surface area contributed by atoms with Crippen molar-refractivity contribution in [2.45, 2.75) is 37.8 Å². The van der Waals surface area contributed by atoms with Crippen molar-refractivity contribution in [3.8, 4) is 11.1 Å². The molecule has 3 aromatic rings. The van der Waals surface area contributed by atoms with Gasteiger partial charge in [-0.25, -0.2) is 8.78 Å². The lowest BCUT2D eigenvalue weighted by Crippen LogP contribution is -2.47. The number of benzene rings is 2. The molecule has 0 unspecified atom stereocenters. The predicted molar refractivity (Wildman–Crippen MR) is 141 cm³/mol. The van der Waals surface area contributed by atoms with Crippen molar-refractivity contribution in [2.24, 2.45) is 0 Å². The summed E-state index contributed by atoms with van der Waals surface area (Å²) in [5.41, 5.74) is 3.39. The maximum atomic E-state index is 13.3. The van der Waals surface area contributed by atoms with Crippen LogP contribution in [0.15, 0.2) is 73.1 Å². The fourth-order valence-corrected chi connectivity index (χ4v) is 4.63. The molecule has 1 saturated heterocycles. The summed E-state index contributed by atoms with van der Waals surface area (Å²) in [7, 11) is 0. The van der Waals surface area contributed by atoms with Gasteiger partial charge in [-0.05, 0) is 65.9 Å². The van der Waals surface area contributed by atoms with Gasteiger partial charge in [0.25, 0.3) is 17.7 Å². The molecule has 200 valence electrons. The van der Waals surface area contributed by atoms with Crippen molar-refractivity contribution >= 4 is 11.8 Å². The number of aliphatic hydroxyl groups is 1. The van der Waals surface area contributed by atoms with Gasteiger partial charge in [-0.3, -0.25) is 19.5 Å². The summed E-state index contributed by atoms with van der Waals surface area (Å²) in [6.45, 7) is 1.29. The minimum Gasteiger partial charge on any atom is -0.394 e. The van der Waals surface area contributed by atoms with Gasteiger partial charge >= 0.3 is 0 Å². The van der Waals surface area contributed by atoms with E-state index >= 15 is 0 Å². The standard InChI is InChI=1S/C29H32F2N4O3/c1-29(30,31)19-35-15-11-25(12-16-35)33-28(38)24-4-2-3-23(17-24)26(18-36)34-27(37)22-7-5-20(6-8-22)21-9-13-32-14-10-21/h2-10,13-14,17,25-26,36H,11-12,15-16,18-19H2,1H3,(H,33,38)(H,34,37)/t26-/m1/s1. The third-order valence-electron chi connectivity index (χ3n) is 6.62. The van der Waals surface area contributed by atoms with Crippen molar-refractivity contribution in [1.29, 1.82) is 0 Å². The number of likely N-dealkylation sites (tertiary alicyclic amines) is 1. The summed E-state index contributed by atoms with van der Waals surface area (Å²) in [4.78, 5) is 31.5. The van der Waals surface area contributed by atoms with E-state index in [1.54, 1.807) is 53.7 Å². The van der Waals surface area contributed by atoms with E-state index in [1.165, 1.54) is 0 Å². The summed E-state index contributed by atoms with van der Waals surface area (Å²) >= 11 is 0. The number of piperidine rings is 1. The second-order valence-corrected chi connectivity index (χ2v) is 9.74. The normalized spacial score (nSPS) is 15.6. The van der Waals surface area contributed by atoms with E-state index in [4.69, 9.17) is 0 Å². The summed E-state index contributed by atoms with van der Waals surface area (Å²) < 4.78 is 26.5. The van der Waals surface area contributed by atoms with Crippen LogP contribution in [0.25, 0.3) is 11.1 Å². The third kappa shape index (κ3) is 7.43. The molecular weight excluding hydrogens is 490 g/mol. The van der Waals surface area contributed by atoms with Gasteiger partial charge in [-0.2, -0.15) is 0 Å². The molecule has 0 aliphatic carbocycles. The van der Waals surface area contributed by atoms with Crippen molar-refractivity contribution < 1.29 is 23.5 Å². The number of pyridine rings is 1. The second kappa shape index (κ2) is 12.2. The molecule has 4 rings (SSSR count). The van der Waals surface area contributed by atoms with Gasteiger partial charge in [0, 0.05) is 49.6 Å². The van der Waals surface area contributed by atoms with E-state index in [1.807, 2.05) is 24.3 Å². The third-order valence-corrected chi connectivity index (χ3v) is 6.62. The maximum absolute atomic E-state index is 13.3. The second-order valence-electron chi connectivity index (χ2n) is 9.74. The molecule has 0 radical (unpaired) electrons. The predicted octanol–water partition coefficient (Wildman–Crippen LogP) is 4.06. The van der Waals surface area contributed by atoms with E-state index in [9.17, 15) is 23.5 Å². The largest absolute Gasteiger partial charge is 0.394 e. The lowest BCUT2D eigenvalue weighted by Gasteiger charge is -2.33. The number of nitrogens with one attached hydrogen (secondary N) is 2. The Bertz CT molecular complexity index is 1220. The highest BCUT2D eigenvalue weighted by Crippen LogP contribution is 2.21. The van der Waals surface area contributed by atoms with Crippen LogP contribution in [0.5, 0.6) is 0 Å². The zero-order valence-corrected chi connectivity index (χ0v) is 21.2. The summed E-state index contributed by atoms with van der Waals surface area (Å²) in [5.74, 6) is -3.36. The molecular formula is C29H32F2N4O3. The van der Waals surface area contributed by atoms with Gasteiger partial charge in [0.15, 0.2) is 0 Å². The topological polar surface area (TPSA) is 94.6 Å². The number of carbonyl (C=O) groups is 2. The van der Waals surface area contributed by atoms with Crippen LogP contribution in [-0.4, -0.2) is 65.0 Å². The maximum Gasteiger partial charge on any atom is 0.257 e. The summed E-state index contributed by atoms with van der Waals surface area (Å²) in [5, 5.41) is 15.8. The Labute approximate surface area is 220 Å². The van der Waals surface area contributed by atoms with Gasteiger partial charge in [0.2, 0.25) is 0 Å². The van der Waals surface area contributed by atoms with E-state index < -0.39 is 12.0 Å². The van der Waals surface area contributed by atoms with Crippen LogP contribution >= 0.6 is 0 Å². The number of carbonyl (C=O) groups excluding carboxylic acids is 2. The molecule has 1 aliphatic heterocycles. The fourth-order valence-electron chi connectivity index (χ4n) is 4.63. The number of hydrogen-bond acceptors (Lipinski definition) is 5. The number of nitrogens with zero attached hydrogens (tertiary/aromatic N) is 2. The van der Waals surface area contributed by atoms with Crippen molar-refractivity contribution in [1.82, 2.24) is 20.5 Å². The number of rotatable bonds is 9. The monoisotopic (exact) mass is 522 g/mol. The molecule has 3 N–H and O–H groups in total. The van der Waals surface area contributed by atoms with Crippen molar-refractivity contribution in [2.75, 3.05) is 26.2 Å². The highest BCUT2D eigenvalue weighted by Gasteiger charge is 2.29. The van der Waals surface area contributed by atoms with Crippen molar-refractivity contribution in [3.63, 3.8) is 0 Å². The molecule has 1 atom stereocenters. The Morgan fingerprint density at radius 2 is 1.66 bits per heavy atom. The Hall–Kier alpha value is -3.69. The van der Waals surface area contributed by atoms with Crippen LogP contribution in [0.2, 0.25) is 0 Å². The molecule has 38 heavy (non-hydrogen) atoms. The number of hydrogen-bond donors (Lipinski definition) is 3. The lowest BCUT2D eigenvalue weighted by molar-refractivity contribution is -0.0205. The Balaban J connectivity index is 1.35. The molecule has 7 nitrogen and oxygen atoms in total. The van der Waals surface area contributed by atoms with E-state index in [0.717, 1.165) is 18.1 Å². The molecule has 1 fully saturated rings. The molecule has 2 heterocycles. The number of aliphatic hydroxyl groups excluding tert-OH is 1. The minimum absolute atomic E-state index is 0.101. The zero-order chi connectivity index (χ0) is 27.1. The molecule has 0 saturated carbocycles. The Morgan fingerprint density at radius 1 is 1.00 bits per heavy atom. The minimum atomic E-state index is -2.74. The quantitative estimate of drug-likeness (QED) is 0.394. The lowest BCUT2D eigenvalue weighted by atomic mass is 10.0. The number of aromatic nitrogens is 1. The molecule has 1 aliphatic rings. The number of amides is 2. The first-order valence-corrected chi connectivity index (χ1v) is 12.6. The number of alkyl halides is 2. The number of halogens is 2. The smallest absolute Gasteiger partial charge is 0.257 e. The van der Waals surface area contributed by atoms with Gasteiger partial charge < -0.3 is 15.7 Å². The van der Waals surface area contributed by atoms with E-state index in [2.05, 4.69) is 15.6 Å².